The molecular formula is C9H17NO2. The third-order valence-corrected chi connectivity index (χ3v) is 1.54. The Kier molecular flexibility index (Phi) is 4.59. The number of carbonyl (C=O) groups is 1. The van der Waals surface area contributed by atoms with Gasteiger partial charge >= 0.3 is 0 Å². The fourth-order valence-electron chi connectivity index (χ4n) is 0.944. The van der Waals surface area contributed by atoms with Crippen LogP contribution in [0.3, 0.4) is 0 Å². The molecule has 0 radical (unpaired) electrons. The normalized spacial score (nSPS) is 12.3. The quantitative estimate of drug-likeness (QED) is 0.509. The van der Waals surface area contributed by atoms with Gasteiger partial charge in [-0.05, 0) is 20.3 Å². The molecule has 0 rings (SSSR count). The second-order valence-electron chi connectivity index (χ2n) is 2.91. The van der Waals surface area contributed by atoms with Crippen LogP contribution in [0.4, 0.5) is 0 Å². The fourth-order valence-corrected chi connectivity index (χ4v) is 0.944. The van der Waals surface area contributed by atoms with Gasteiger partial charge in [-0.25, -0.2) is 0 Å². The minimum Gasteiger partial charge on any atom is -0.374 e. The van der Waals surface area contributed by atoms with E-state index in [1.165, 1.54) is 4.90 Å². The molecule has 0 bridgehead atoms. The SMILES string of the molecule is C=C(C)C(=O)N(CCC)C(C)O. The van der Waals surface area contributed by atoms with Crippen molar-refractivity contribution in [2.24, 2.45) is 0 Å². The Morgan fingerprint density at radius 3 is 2.42 bits per heavy atom. The van der Waals surface area contributed by atoms with Crippen molar-refractivity contribution >= 4 is 5.91 Å². The predicted molar refractivity (Wildman–Crippen MR) is 48.5 cm³/mol. The van der Waals surface area contributed by atoms with Crippen LogP contribution >= 0.6 is 0 Å². The maximum atomic E-state index is 11.3. The van der Waals surface area contributed by atoms with Gasteiger partial charge in [0.1, 0.15) is 6.23 Å². The lowest BCUT2D eigenvalue weighted by Crippen LogP contribution is -2.39. The molecule has 3 nitrogen and oxygen atoms in total. The largest absolute Gasteiger partial charge is 0.374 e. The highest BCUT2D eigenvalue weighted by Crippen LogP contribution is 2.03. The van der Waals surface area contributed by atoms with Gasteiger partial charge in [0.25, 0.3) is 5.91 Å². The van der Waals surface area contributed by atoms with Gasteiger partial charge in [-0.2, -0.15) is 0 Å². The molecule has 12 heavy (non-hydrogen) atoms. The van der Waals surface area contributed by atoms with Crippen molar-refractivity contribution in [1.29, 1.82) is 0 Å². The molecule has 0 aromatic carbocycles. The van der Waals surface area contributed by atoms with Gasteiger partial charge in [0.15, 0.2) is 0 Å². The van der Waals surface area contributed by atoms with Crippen LogP contribution in [0.5, 0.6) is 0 Å². The Hall–Kier alpha value is -0.830. The summed E-state index contributed by atoms with van der Waals surface area (Å²) < 4.78 is 0. The molecule has 3 heteroatoms. The molecule has 0 saturated heterocycles. The van der Waals surface area contributed by atoms with E-state index in [4.69, 9.17) is 0 Å². The van der Waals surface area contributed by atoms with Crippen molar-refractivity contribution in [3.63, 3.8) is 0 Å². The second-order valence-corrected chi connectivity index (χ2v) is 2.91. The number of amides is 1. The summed E-state index contributed by atoms with van der Waals surface area (Å²) in [7, 11) is 0. The first kappa shape index (κ1) is 11.2. The molecule has 0 aromatic rings. The molecular weight excluding hydrogens is 154 g/mol. The van der Waals surface area contributed by atoms with Crippen LogP contribution in [-0.4, -0.2) is 28.7 Å². The molecule has 0 aliphatic carbocycles. The average molecular weight is 171 g/mol. The van der Waals surface area contributed by atoms with Crippen LogP contribution in [0.1, 0.15) is 27.2 Å². The van der Waals surface area contributed by atoms with Gasteiger partial charge in [0.05, 0.1) is 0 Å². The van der Waals surface area contributed by atoms with Gasteiger partial charge in [0.2, 0.25) is 0 Å². The summed E-state index contributed by atoms with van der Waals surface area (Å²) in [4.78, 5) is 12.7. The molecule has 1 atom stereocenters. The highest BCUT2D eigenvalue weighted by molar-refractivity contribution is 5.92. The number of hydrogen-bond donors (Lipinski definition) is 1. The van der Waals surface area contributed by atoms with E-state index in [2.05, 4.69) is 6.58 Å². The summed E-state index contributed by atoms with van der Waals surface area (Å²) in [6, 6.07) is 0. The second kappa shape index (κ2) is 4.93. The monoisotopic (exact) mass is 171 g/mol. The lowest BCUT2D eigenvalue weighted by Gasteiger charge is -2.24. The zero-order valence-electron chi connectivity index (χ0n) is 8.00. The highest BCUT2D eigenvalue weighted by atomic mass is 16.3. The van der Waals surface area contributed by atoms with Crippen LogP contribution in [0.15, 0.2) is 12.2 Å². The van der Waals surface area contributed by atoms with E-state index in [1.807, 2.05) is 6.92 Å². The van der Waals surface area contributed by atoms with Crippen molar-refractivity contribution in [3.8, 4) is 0 Å². The van der Waals surface area contributed by atoms with E-state index in [0.717, 1.165) is 6.42 Å². The summed E-state index contributed by atoms with van der Waals surface area (Å²) in [6.45, 7) is 9.30. The molecule has 0 spiro atoms. The van der Waals surface area contributed by atoms with Crippen LogP contribution < -0.4 is 0 Å². The highest BCUT2D eigenvalue weighted by Gasteiger charge is 2.16. The Labute approximate surface area is 73.7 Å². The number of aliphatic hydroxyl groups is 1. The lowest BCUT2D eigenvalue weighted by atomic mass is 10.2. The molecule has 1 N–H and O–H groups in total. The van der Waals surface area contributed by atoms with E-state index in [9.17, 15) is 9.90 Å². The molecule has 1 amide bonds. The Bertz CT molecular complexity index is 175. The Balaban J connectivity index is 4.29. The maximum absolute atomic E-state index is 11.3. The number of nitrogens with zero attached hydrogens (tertiary/aromatic N) is 1. The van der Waals surface area contributed by atoms with E-state index in [-0.39, 0.29) is 5.91 Å². The fraction of sp³-hybridized carbons (Fsp3) is 0.667. The van der Waals surface area contributed by atoms with E-state index in [1.54, 1.807) is 13.8 Å². The lowest BCUT2D eigenvalue weighted by molar-refractivity contribution is -0.135. The molecule has 70 valence electrons. The molecule has 0 saturated carbocycles. The van der Waals surface area contributed by atoms with Crippen molar-refractivity contribution in [3.05, 3.63) is 12.2 Å². The van der Waals surface area contributed by atoms with Crippen molar-refractivity contribution in [2.75, 3.05) is 6.54 Å². The third-order valence-electron chi connectivity index (χ3n) is 1.54. The molecule has 0 aliphatic rings. The van der Waals surface area contributed by atoms with E-state index in [0.29, 0.717) is 12.1 Å². The average Bonchev–Trinajstić information content (AvgIpc) is 1.98. The van der Waals surface area contributed by atoms with E-state index >= 15 is 0 Å². The maximum Gasteiger partial charge on any atom is 0.250 e. The van der Waals surface area contributed by atoms with Crippen LogP contribution in [0, 0.1) is 0 Å². The summed E-state index contributed by atoms with van der Waals surface area (Å²) >= 11 is 0. The molecule has 1 unspecified atom stereocenters. The number of hydrogen-bond acceptors (Lipinski definition) is 2. The summed E-state index contributed by atoms with van der Waals surface area (Å²) in [5, 5.41) is 9.23. The van der Waals surface area contributed by atoms with Crippen molar-refractivity contribution < 1.29 is 9.90 Å². The minimum atomic E-state index is -0.728. The smallest absolute Gasteiger partial charge is 0.250 e. The Morgan fingerprint density at radius 1 is 1.67 bits per heavy atom. The van der Waals surface area contributed by atoms with Crippen LogP contribution in [0.25, 0.3) is 0 Å². The number of aliphatic hydroxyl groups excluding tert-OH is 1. The minimum absolute atomic E-state index is 0.174. The Morgan fingerprint density at radius 2 is 2.17 bits per heavy atom. The van der Waals surface area contributed by atoms with Gasteiger partial charge in [-0.3, -0.25) is 4.79 Å². The van der Waals surface area contributed by atoms with Crippen LogP contribution in [0.2, 0.25) is 0 Å². The number of rotatable bonds is 4. The van der Waals surface area contributed by atoms with E-state index < -0.39 is 6.23 Å². The summed E-state index contributed by atoms with van der Waals surface area (Å²) in [6.07, 6.45) is 0.110. The molecule has 0 fully saturated rings. The van der Waals surface area contributed by atoms with Gasteiger partial charge in [-0.15, -0.1) is 0 Å². The zero-order chi connectivity index (χ0) is 9.72. The van der Waals surface area contributed by atoms with Gasteiger partial charge < -0.3 is 10.0 Å². The first-order chi connectivity index (χ1) is 5.50. The number of carbonyl (C=O) groups excluding carboxylic acids is 1. The third kappa shape index (κ3) is 3.05. The van der Waals surface area contributed by atoms with Crippen molar-refractivity contribution in [2.45, 2.75) is 33.4 Å². The topological polar surface area (TPSA) is 40.5 Å². The van der Waals surface area contributed by atoms with Crippen molar-refractivity contribution in [1.82, 2.24) is 4.90 Å². The van der Waals surface area contributed by atoms with Gasteiger partial charge in [0, 0.05) is 12.1 Å². The molecule has 0 heterocycles. The summed E-state index contributed by atoms with van der Waals surface area (Å²) in [5.74, 6) is -0.174. The predicted octanol–water partition coefficient (Wildman–Crippen LogP) is 1.14. The first-order valence-electron chi connectivity index (χ1n) is 4.15. The molecule has 0 aromatic heterocycles. The van der Waals surface area contributed by atoms with Crippen LogP contribution in [-0.2, 0) is 4.79 Å². The molecule has 0 aliphatic heterocycles. The summed E-state index contributed by atoms with van der Waals surface area (Å²) in [5.41, 5.74) is 0.462. The van der Waals surface area contributed by atoms with Gasteiger partial charge in [-0.1, -0.05) is 13.5 Å². The standard InChI is InChI=1S/C9H17NO2/c1-5-6-10(8(4)11)9(12)7(2)3/h8,11H,2,5-6H2,1,3-4H3. The first-order valence-corrected chi connectivity index (χ1v) is 4.15. The zero-order valence-corrected chi connectivity index (χ0v) is 8.00.